The lowest BCUT2D eigenvalue weighted by atomic mass is 10.2. The fourth-order valence-corrected chi connectivity index (χ4v) is 2.47. The summed E-state index contributed by atoms with van der Waals surface area (Å²) >= 11 is 1.72. The highest BCUT2D eigenvalue weighted by atomic mass is 32.2. The van der Waals surface area contributed by atoms with E-state index in [0.717, 1.165) is 0 Å². The van der Waals surface area contributed by atoms with Crippen LogP contribution in [-0.4, -0.2) is 12.5 Å². The van der Waals surface area contributed by atoms with E-state index in [0.29, 0.717) is 0 Å². The Balaban J connectivity index is 2.47. The van der Waals surface area contributed by atoms with Crippen molar-refractivity contribution >= 4 is 17.4 Å². The third kappa shape index (κ3) is 1.09. The number of hydrogen-bond acceptors (Lipinski definition) is 3. The van der Waals surface area contributed by atoms with Gasteiger partial charge in [-0.2, -0.15) is 0 Å². The number of rotatable bonds is 0. The van der Waals surface area contributed by atoms with E-state index in [4.69, 9.17) is 5.73 Å². The van der Waals surface area contributed by atoms with E-state index in [9.17, 15) is 0 Å². The normalized spacial score (nSPS) is 21.2. The van der Waals surface area contributed by atoms with Gasteiger partial charge in [-0.25, -0.2) is 0 Å². The molecule has 0 fully saturated rings. The molecule has 2 rings (SSSR count). The van der Waals surface area contributed by atoms with Gasteiger partial charge >= 0.3 is 0 Å². The molecule has 2 nitrogen and oxygen atoms in total. The van der Waals surface area contributed by atoms with E-state index < -0.39 is 0 Å². The van der Waals surface area contributed by atoms with Crippen molar-refractivity contribution in [2.75, 3.05) is 11.9 Å². The van der Waals surface area contributed by atoms with Crippen LogP contribution in [0.25, 0.3) is 0 Å². The average Bonchev–Trinajstić information content (AvgIpc) is 2.28. The summed E-state index contributed by atoms with van der Waals surface area (Å²) in [6.45, 7) is 2.10. The second kappa shape index (κ2) is 2.68. The predicted molar refractivity (Wildman–Crippen MR) is 53.4 cm³/mol. The van der Waals surface area contributed by atoms with Gasteiger partial charge in [0, 0.05) is 11.9 Å². The smallest absolute Gasteiger partial charge is 0.130 e. The largest absolute Gasteiger partial charge is 0.349 e. The Hall–Kier alpha value is -0.670. The van der Waals surface area contributed by atoms with Gasteiger partial charge in [-0.3, -0.25) is 0 Å². The molecule has 0 aromatic heterocycles. The monoisotopic (exact) mass is 180 g/mol. The van der Waals surface area contributed by atoms with Crippen LogP contribution < -0.4 is 10.6 Å². The standard InChI is InChI=1S/C9H12N2S/c1-6-3-4-7-8(5-6)12-9(10)11(7)2/h3-5,9H,10H2,1-2H3. The van der Waals surface area contributed by atoms with Crippen molar-refractivity contribution in [2.24, 2.45) is 5.73 Å². The summed E-state index contributed by atoms with van der Waals surface area (Å²) in [6.07, 6.45) is 0. The highest BCUT2D eigenvalue weighted by Gasteiger charge is 2.23. The Morgan fingerprint density at radius 2 is 2.25 bits per heavy atom. The third-order valence-electron chi connectivity index (χ3n) is 2.12. The number of nitrogens with two attached hydrogens (primary N) is 1. The van der Waals surface area contributed by atoms with Gasteiger partial charge in [0.1, 0.15) is 5.50 Å². The molecule has 1 aromatic carbocycles. The molecule has 1 aliphatic rings. The van der Waals surface area contributed by atoms with Gasteiger partial charge in [0.2, 0.25) is 0 Å². The maximum Gasteiger partial charge on any atom is 0.130 e. The maximum absolute atomic E-state index is 5.87. The SMILES string of the molecule is Cc1ccc2c(c1)SC(N)N2C. The van der Waals surface area contributed by atoms with Gasteiger partial charge in [-0.1, -0.05) is 17.8 Å². The molecule has 0 saturated carbocycles. The average molecular weight is 180 g/mol. The van der Waals surface area contributed by atoms with Crippen molar-refractivity contribution in [3.8, 4) is 0 Å². The van der Waals surface area contributed by atoms with Crippen molar-refractivity contribution in [1.82, 2.24) is 0 Å². The van der Waals surface area contributed by atoms with Crippen molar-refractivity contribution in [2.45, 2.75) is 17.3 Å². The maximum atomic E-state index is 5.87. The van der Waals surface area contributed by atoms with Gasteiger partial charge in [0.05, 0.1) is 5.69 Å². The first-order chi connectivity index (χ1) is 5.68. The number of nitrogens with zero attached hydrogens (tertiary/aromatic N) is 1. The second-order valence-corrected chi connectivity index (χ2v) is 4.25. The van der Waals surface area contributed by atoms with Crippen LogP contribution in [0.3, 0.4) is 0 Å². The van der Waals surface area contributed by atoms with Gasteiger partial charge < -0.3 is 10.6 Å². The van der Waals surface area contributed by atoms with Gasteiger partial charge in [0.25, 0.3) is 0 Å². The van der Waals surface area contributed by atoms with Gasteiger partial charge in [-0.05, 0) is 24.6 Å². The molecule has 0 saturated heterocycles. The number of benzene rings is 1. The van der Waals surface area contributed by atoms with Gasteiger partial charge in [0.15, 0.2) is 0 Å². The first-order valence-corrected chi connectivity index (χ1v) is 4.82. The molecule has 1 unspecified atom stereocenters. The van der Waals surface area contributed by atoms with E-state index in [2.05, 4.69) is 30.0 Å². The van der Waals surface area contributed by atoms with Crippen LogP contribution in [0.5, 0.6) is 0 Å². The quantitative estimate of drug-likeness (QED) is 0.660. The van der Waals surface area contributed by atoms with Crippen LogP contribution in [0.1, 0.15) is 5.56 Å². The summed E-state index contributed by atoms with van der Waals surface area (Å²) in [5.74, 6) is 0. The van der Waals surface area contributed by atoms with Crippen molar-refractivity contribution < 1.29 is 0 Å². The van der Waals surface area contributed by atoms with E-state index in [1.165, 1.54) is 16.1 Å². The summed E-state index contributed by atoms with van der Waals surface area (Å²) in [4.78, 5) is 3.39. The van der Waals surface area contributed by atoms with Crippen LogP contribution in [-0.2, 0) is 0 Å². The fraction of sp³-hybridized carbons (Fsp3) is 0.333. The minimum atomic E-state index is 0.0850. The fourth-order valence-electron chi connectivity index (χ4n) is 1.35. The summed E-state index contributed by atoms with van der Waals surface area (Å²) < 4.78 is 0. The predicted octanol–water partition coefficient (Wildman–Crippen LogP) is 1.78. The molecule has 64 valence electrons. The summed E-state index contributed by atoms with van der Waals surface area (Å²) in [5, 5.41) is 0. The van der Waals surface area contributed by atoms with E-state index in [1.54, 1.807) is 11.8 Å². The molecule has 0 amide bonds. The number of anilines is 1. The molecule has 0 aliphatic carbocycles. The molecular formula is C9H12N2S. The zero-order valence-corrected chi connectivity index (χ0v) is 8.06. The van der Waals surface area contributed by atoms with E-state index in [1.807, 2.05) is 7.05 Å². The Labute approximate surface area is 76.7 Å². The zero-order valence-electron chi connectivity index (χ0n) is 7.24. The van der Waals surface area contributed by atoms with Crippen molar-refractivity contribution in [1.29, 1.82) is 0 Å². The first kappa shape index (κ1) is 7.95. The zero-order chi connectivity index (χ0) is 8.72. The highest BCUT2D eigenvalue weighted by molar-refractivity contribution is 8.00. The number of aryl methyl sites for hydroxylation is 1. The molecule has 12 heavy (non-hydrogen) atoms. The Morgan fingerprint density at radius 3 is 3.00 bits per heavy atom. The lowest BCUT2D eigenvalue weighted by molar-refractivity contribution is 0.887. The molecule has 0 bridgehead atoms. The van der Waals surface area contributed by atoms with Crippen LogP contribution >= 0.6 is 11.8 Å². The molecule has 3 heteroatoms. The molecule has 0 spiro atoms. The lowest BCUT2D eigenvalue weighted by Crippen LogP contribution is -2.32. The number of hydrogen-bond donors (Lipinski definition) is 1. The minimum Gasteiger partial charge on any atom is -0.349 e. The van der Waals surface area contributed by atoms with Gasteiger partial charge in [-0.15, -0.1) is 0 Å². The molecule has 1 heterocycles. The molecular weight excluding hydrogens is 168 g/mol. The Bertz CT molecular complexity index is 311. The van der Waals surface area contributed by atoms with E-state index >= 15 is 0 Å². The molecule has 0 radical (unpaired) electrons. The Morgan fingerprint density at radius 1 is 1.50 bits per heavy atom. The topological polar surface area (TPSA) is 29.3 Å². The molecule has 2 N–H and O–H groups in total. The first-order valence-electron chi connectivity index (χ1n) is 3.94. The van der Waals surface area contributed by atoms with Crippen LogP contribution in [0.4, 0.5) is 5.69 Å². The number of thioether (sulfide) groups is 1. The van der Waals surface area contributed by atoms with E-state index in [-0.39, 0.29) is 5.50 Å². The second-order valence-electron chi connectivity index (χ2n) is 3.09. The molecule has 1 aliphatic heterocycles. The summed E-state index contributed by atoms with van der Waals surface area (Å²) in [7, 11) is 2.03. The lowest BCUT2D eigenvalue weighted by Gasteiger charge is -2.16. The van der Waals surface area contributed by atoms with Crippen molar-refractivity contribution in [3.63, 3.8) is 0 Å². The summed E-state index contributed by atoms with van der Waals surface area (Å²) in [6, 6.07) is 6.43. The summed E-state index contributed by atoms with van der Waals surface area (Å²) in [5.41, 5.74) is 8.50. The van der Waals surface area contributed by atoms with Crippen molar-refractivity contribution in [3.05, 3.63) is 23.8 Å². The van der Waals surface area contributed by atoms with Crippen LogP contribution in [0, 0.1) is 6.92 Å². The van der Waals surface area contributed by atoms with Crippen LogP contribution in [0.2, 0.25) is 0 Å². The van der Waals surface area contributed by atoms with Crippen LogP contribution in [0.15, 0.2) is 23.1 Å². The minimum absolute atomic E-state index is 0.0850. The molecule has 1 atom stereocenters. The molecule has 1 aromatic rings. The Kier molecular flexibility index (Phi) is 1.77. The number of fused-ring (bicyclic) bond motifs is 1. The highest BCUT2D eigenvalue weighted by Crippen LogP contribution is 2.40. The third-order valence-corrected chi connectivity index (χ3v) is 3.26.